The van der Waals surface area contributed by atoms with Crippen molar-refractivity contribution >= 4 is 0 Å². The van der Waals surface area contributed by atoms with Crippen LogP contribution in [0, 0.1) is 5.82 Å². The van der Waals surface area contributed by atoms with Crippen molar-refractivity contribution < 1.29 is 9.13 Å². The van der Waals surface area contributed by atoms with Crippen molar-refractivity contribution in [2.75, 3.05) is 7.11 Å². The van der Waals surface area contributed by atoms with Gasteiger partial charge in [0.1, 0.15) is 0 Å². The SMILES string of the molecule is COc1cc(Cn2cccn2)ccc1F. The van der Waals surface area contributed by atoms with E-state index in [1.165, 1.54) is 13.2 Å². The van der Waals surface area contributed by atoms with Crippen LogP contribution in [0.2, 0.25) is 0 Å². The molecule has 0 radical (unpaired) electrons. The summed E-state index contributed by atoms with van der Waals surface area (Å²) in [6.45, 7) is 0.615. The molecule has 0 aliphatic heterocycles. The lowest BCUT2D eigenvalue weighted by Crippen LogP contribution is -2.00. The fourth-order valence-corrected chi connectivity index (χ4v) is 1.38. The molecule has 3 nitrogen and oxygen atoms in total. The van der Waals surface area contributed by atoms with Crippen LogP contribution in [0.3, 0.4) is 0 Å². The van der Waals surface area contributed by atoms with Crippen molar-refractivity contribution in [3.05, 3.63) is 48.0 Å². The molecule has 1 aromatic carbocycles. The molecule has 0 saturated carbocycles. The van der Waals surface area contributed by atoms with Gasteiger partial charge >= 0.3 is 0 Å². The van der Waals surface area contributed by atoms with Gasteiger partial charge in [0, 0.05) is 12.4 Å². The topological polar surface area (TPSA) is 27.1 Å². The Morgan fingerprint density at radius 2 is 2.33 bits per heavy atom. The molecule has 1 aromatic heterocycles. The van der Waals surface area contributed by atoms with Gasteiger partial charge in [-0.15, -0.1) is 0 Å². The maximum atomic E-state index is 13.1. The summed E-state index contributed by atoms with van der Waals surface area (Å²) in [5.74, 6) is -0.0821. The molecular weight excluding hydrogens is 195 g/mol. The van der Waals surface area contributed by atoms with E-state index in [-0.39, 0.29) is 11.6 Å². The van der Waals surface area contributed by atoms with Gasteiger partial charge in [0.15, 0.2) is 11.6 Å². The summed E-state index contributed by atoms with van der Waals surface area (Å²) in [5.41, 5.74) is 0.956. The molecule has 0 N–H and O–H groups in total. The van der Waals surface area contributed by atoms with Gasteiger partial charge in [-0.25, -0.2) is 4.39 Å². The number of aromatic nitrogens is 2. The first-order chi connectivity index (χ1) is 7.29. The van der Waals surface area contributed by atoms with E-state index in [1.807, 2.05) is 12.3 Å². The highest BCUT2D eigenvalue weighted by molar-refractivity contribution is 5.30. The van der Waals surface area contributed by atoms with Crippen molar-refractivity contribution in [3.63, 3.8) is 0 Å². The van der Waals surface area contributed by atoms with Crippen LogP contribution in [0.25, 0.3) is 0 Å². The number of nitrogens with zero attached hydrogens (tertiary/aromatic N) is 2. The summed E-state index contributed by atoms with van der Waals surface area (Å²) in [4.78, 5) is 0. The summed E-state index contributed by atoms with van der Waals surface area (Å²) >= 11 is 0. The normalized spacial score (nSPS) is 10.3. The summed E-state index contributed by atoms with van der Waals surface area (Å²) < 4.78 is 19.8. The number of halogens is 1. The third-order valence-corrected chi connectivity index (χ3v) is 2.12. The van der Waals surface area contributed by atoms with Crippen molar-refractivity contribution in [1.29, 1.82) is 0 Å². The lowest BCUT2D eigenvalue weighted by Gasteiger charge is -2.05. The van der Waals surface area contributed by atoms with Crippen LogP contribution in [0.15, 0.2) is 36.7 Å². The minimum absolute atomic E-state index is 0.264. The Hall–Kier alpha value is -1.84. The molecule has 0 bridgehead atoms. The molecule has 0 atom stereocenters. The summed E-state index contributed by atoms with van der Waals surface area (Å²) in [7, 11) is 1.45. The fraction of sp³-hybridized carbons (Fsp3) is 0.182. The van der Waals surface area contributed by atoms with Gasteiger partial charge in [-0.1, -0.05) is 6.07 Å². The highest BCUT2D eigenvalue weighted by Gasteiger charge is 2.03. The Bertz CT molecular complexity index is 440. The van der Waals surface area contributed by atoms with Gasteiger partial charge in [-0.05, 0) is 23.8 Å². The zero-order chi connectivity index (χ0) is 10.7. The molecule has 0 saturated heterocycles. The molecule has 0 unspecified atom stereocenters. The highest BCUT2D eigenvalue weighted by atomic mass is 19.1. The van der Waals surface area contributed by atoms with Gasteiger partial charge in [0.05, 0.1) is 13.7 Å². The maximum absolute atomic E-state index is 13.1. The number of ether oxygens (including phenoxy) is 1. The zero-order valence-electron chi connectivity index (χ0n) is 8.35. The zero-order valence-corrected chi connectivity index (χ0v) is 8.35. The van der Waals surface area contributed by atoms with Gasteiger partial charge in [0.25, 0.3) is 0 Å². The van der Waals surface area contributed by atoms with Gasteiger partial charge in [0.2, 0.25) is 0 Å². The third kappa shape index (κ3) is 2.15. The van der Waals surface area contributed by atoms with Crippen LogP contribution >= 0.6 is 0 Å². The maximum Gasteiger partial charge on any atom is 0.165 e. The summed E-state index contributed by atoms with van der Waals surface area (Å²) in [6.07, 6.45) is 3.57. The minimum atomic E-state index is -0.346. The number of benzene rings is 1. The van der Waals surface area contributed by atoms with Crippen molar-refractivity contribution in [3.8, 4) is 5.75 Å². The second-order valence-electron chi connectivity index (χ2n) is 3.17. The molecule has 0 aliphatic rings. The highest BCUT2D eigenvalue weighted by Crippen LogP contribution is 2.18. The van der Waals surface area contributed by atoms with E-state index in [9.17, 15) is 4.39 Å². The van der Waals surface area contributed by atoms with E-state index >= 15 is 0 Å². The molecular formula is C11H11FN2O. The van der Waals surface area contributed by atoms with E-state index in [4.69, 9.17) is 4.74 Å². The van der Waals surface area contributed by atoms with E-state index < -0.39 is 0 Å². The van der Waals surface area contributed by atoms with E-state index in [0.29, 0.717) is 6.54 Å². The standard InChI is InChI=1S/C11H11FN2O/c1-15-11-7-9(3-4-10(11)12)8-14-6-2-5-13-14/h2-7H,8H2,1H3. The fourth-order valence-electron chi connectivity index (χ4n) is 1.38. The van der Waals surface area contributed by atoms with Gasteiger partial charge < -0.3 is 4.74 Å². The Morgan fingerprint density at radius 1 is 1.47 bits per heavy atom. The van der Waals surface area contributed by atoms with Crippen molar-refractivity contribution in [2.24, 2.45) is 0 Å². The lowest BCUT2D eigenvalue weighted by atomic mass is 10.2. The van der Waals surface area contributed by atoms with Crippen molar-refractivity contribution in [2.45, 2.75) is 6.54 Å². The Morgan fingerprint density at radius 3 is 3.00 bits per heavy atom. The quantitative estimate of drug-likeness (QED) is 0.768. The number of methoxy groups -OCH3 is 1. The van der Waals surface area contributed by atoms with Gasteiger partial charge in [-0.2, -0.15) is 5.10 Å². The van der Waals surface area contributed by atoms with E-state index in [2.05, 4.69) is 5.10 Å². The Kier molecular flexibility index (Phi) is 2.67. The lowest BCUT2D eigenvalue weighted by molar-refractivity contribution is 0.385. The average molecular weight is 206 g/mol. The Balaban J connectivity index is 2.22. The molecule has 15 heavy (non-hydrogen) atoms. The first-order valence-electron chi connectivity index (χ1n) is 4.59. The number of rotatable bonds is 3. The molecule has 4 heteroatoms. The monoisotopic (exact) mass is 206 g/mol. The van der Waals surface area contributed by atoms with Crippen LogP contribution in [0.5, 0.6) is 5.75 Å². The predicted octanol–water partition coefficient (Wildman–Crippen LogP) is 2.08. The Labute approximate surface area is 87.1 Å². The molecule has 1 heterocycles. The average Bonchev–Trinajstić information content (AvgIpc) is 2.73. The molecule has 2 rings (SSSR count). The first kappa shape index (κ1) is 9.71. The largest absolute Gasteiger partial charge is 0.494 e. The van der Waals surface area contributed by atoms with Crippen LogP contribution in [0.1, 0.15) is 5.56 Å². The first-order valence-corrected chi connectivity index (χ1v) is 4.59. The third-order valence-electron chi connectivity index (χ3n) is 2.12. The smallest absolute Gasteiger partial charge is 0.165 e. The minimum Gasteiger partial charge on any atom is -0.494 e. The number of hydrogen-bond donors (Lipinski definition) is 0. The predicted molar refractivity (Wildman–Crippen MR) is 54.3 cm³/mol. The summed E-state index contributed by atoms with van der Waals surface area (Å²) in [6, 6.07) is 6.65. The molecule has 0 amide bonds. The van der Waals surface area contributed by atoms with Crippen LogP contribution in [-0.4, -0.2) is 16.9 Å². The van der Waals surface area contributed by atoms with Crippen LogP contribution in [0.4, 0.5) is 4.39 Å². The van der Waals surface area contributed by atoms with Crippen LogP contribution in [-0.2, 0) is 6.54 Å². The summed E-state index contributed by atoms with van der Waals surface area (Å²) in [5, 5.41) is 4.07. The van der Waals surface area contributed by atoms with Crippen molar-refractivity contribution in [1.82, 2.24) is 9.78 Å². The van der Waals surface area contributed by atoms with E-state index in [0.717, 1.165) is 5.56 Å². The van der Waals surface area contributed by atoms with Crippen LogP contribution < -0.4 is 4.74 Å². The molecule has 0 spiro atoms. The molecule has 0 fully saturated rings. The second-order valence-corrected chi connectivity index (χ2v) is 3.17. The molecule has 0 aliphatic carbocycles. The van der Waals surface area contributed by atoms with E-state index in [1.54, 1.807) is 23.0 Å². The number of hydrogen-bond acceptors (Lipinski definition) is 2. The van der Waals surface area contributed by atoms with Gasteiger partial charge in [-0.3, -0.25) is 4.68 Å². The molecule has 2 aromatic rings. The molecule has 78 valence electrons. The second kappa shape index (κ2) is 4.13.